The summed E-state index contributed by atoms with van der Waals surface area (Å²) in [5.74, 6) is -0.245. The van der Waals surface area contributed by atoms with Gasteiger partial charge in [0.15, 0.2) is 0 Å². The average molecular weight is 248 g/mol. The molecule has 1 heterocycles. The highest BCUT2D eigenvalue weighted by atomic mass is 16.5. The van der Waals surface area contributed by atoms with Crippen molar-refractivity contribution in [3.63, 3.8) is 0 Å². The fraction of sp³-hybridized carbons (Fsp3) is 0.385. The average Bonchev–Trinajstić information content (AvgIpc) is 2.63. The van der Waals surface area contributed by atoms with Crippen molar-refractivity contribution in [2.24, 2.45) is 11.7 Å². The second-order valence-corrected chi connectivity index (χ2v) is 4.47. The fourth-order valence-electron chi connectivity index (χ4n) is 1.97. The molecule has 1 amide bonds. The third-order valence-corrected chi connectivity index (χ3v) is 3.08. The molecule has 1 unspecified atom stereocenters. The fourth-order valence-corrected chi connectivity index (χ4v) is 1.97. The van der Waals surface area contributed by atoms with Gasteiger partial charge in [-0.25, -0.2) is 0 Å². The number of hydrogen-bond acceptors (Lipinski definition) is 4. The van der Waals surface area contributed by atoms with E-state index in [0.717, 1.165) is 0 Å². The van der Waals surface area contributed by atoms with E-state index in [0.29, 0.717) is 30.1 Å². The van der Waals surface area contributed by atoms with E-state index in [1.807, 2.05) is 6.92 Å². The molecule has 0 aliphatic carbocycles. The molecule has 0 fully saturated rings. The van der Waals surface area contributed by atoms with Gasteiger partial charge in [0.05, 0.1) is 18.4 Å². The highest BCUT2D eigenvalue weighted by molar-refractivity contribution is 6.52. The number of carbonyl (C=O) groups is 2. The molecule has 0 spiro atoms. The lowest BCUT2D eigenvalue weighted by molar-refractivity contribution is -0.114. The Balaban J connectivity index is 2.37. The number of benzene rings is 1. The van der Waals surface area contributed by atoms with E-state index in [1.54, 1.807) is 18.2 Å². The molecule has 0 aromatic heterocycles. The van der Waals surface area contributed by atoms with Gasteiger partial charge in [0.25, 0.3) is 11.7 Å². The Morgan fingerprint density at radius 3 is 2.72 bits per heavy atom. The predicted octanol–water partition coefficient (Wildman–Crippen LogP) is 0.819. The zero-order valence-electron chi connectivity index (χ0n) is 10.5. The molecule has 0 saturated carbocycles. The molecule has 2 rings (SSSR count). The van der Waals surface area contributed by atoms with Gasteiger partial charge in [0.2, 0.25) is 0 Å². The van der Waals surface area contributed by atoms with Crippen molar-refractivity contribution >= 4 is 17.4 Å². The van der Waals surface area contributed by atoms with Gasteiger partial charge in [-0.15, -0.1) is 0 Å². The monoisotopic (exact) mass is 248 g/mol. The maximum Gasteiger partial charge on any atom is 0.299 e. The molecule has 2 N–H and O–H groups in total. The van der Waals surface area contributed by atoms with Gasteiger partial charge in [-0.1, -0.05) is 6.92 Å². The van der Waals surface area contributed by atoms with Crippen LogP contribution in [0.25, 0.3) is 0 Å². The van der Waals surface area contributed by atoms with Crippen LogP contribution in [-0.2, 0) is 4.79 Å². The number of anilines is 1. The standard InChI is InChI=1S/C13H16N2O3/c1-8(6-14)7-15-11-4-3-9(18-2)5-10(11)12(16)13(15)17/h3-5,8H,6-7,14H2,1-2H3. The number of ether oxygens (including phenoxy) is 1. The molecular weight excluding hydrogens is 232 g/mol. The molecule has 1 aromatic rings. The molecule has 0 saturated heterocycles. The predicted molar refractivity (Wildman–Crippen MR) is 67.9 cm³/mol. The molecule has 18 heavy (non-hydrogen) atoms. The maximum absolute atomic E-state index is 11.9. The van der Waals surface area contributed by atoms with Crippen LogP contribution in [0.5, 0.6) is 5.75 Å². The van der Waals surface area contributed by atoms with E-state index < -0.39 is 11.7 Å². The van der Waals surface area contributed by atoms with Crippen LogP contribution in [0.15, 0.2) is 18.2 Å². The van der Waals surface area contributed by atoms with Gasteiger partial charge in [0, 0.05) is 6.54 Å². The van der Waals surface area contributed by atoms with E-state index in [9.17, 15) is 9.59 Å². The molecule has 1 aromatic carbocycles. The number of nitrogens with two attached hydrogens (primary N) is 1. The normalized spacial score (nSPS) is 15.8. The molecule has 1 aliphatic heterocycles. The number of amides is 1. The lowest BCUT2D eigenvalue weighted by atomic mass is 10.1. The first-order chi connectivity index (χ1) is 8.58. The number of fused-ring (bicyclic) bond motifs is 1. The van der Waals surface area contributed by atoms with E-state index >= 15 is 0 Å². The van der Waals surface area contributed by atoms with Crippen LogP contribution in [0.2, 0.25) is 0 Å². The number of Topliss-reactive ketones (excluding diaryl/α,β-unsaturated/α-hetero) is 1. The van der Waals surface area contributed by atoms with Crippen molar-refractivity contribution in [2.75, 3.05) is 25.1 Å². The number of methoxy groups -OCH3 is 1. The van der Waals surface area contributed by atoms with Crippen LogP contribution in [0.1, 0.15) is 17.3 Å². The zero-order chi connectivity index (χ0) is 13.3. The first-order valence-corrected chi connectivity index (χ1v) is 5.82. The van der Waals surface area contributed by atoms with Gasteiger partial charge < -0.3 is 15.4 Å². The summed E-state index contributed by atoms with van der Waals surface area (Å²) in [7, 11) is 1.53. The SMILES string of the molecule is COc1ccc2c(c1)C(=O)C(=O)N2CC(C)CN. The quantitative estimate of drug-likeness (QED) is 0.801. The van der Waals surface area contributed by atoms with E-state index in [2.05, 4.69) is 0 Å². The Hall–Kier alpha value is -1.88. The van der Waals surface area contributed by atoms with Gasteiger partial charge in [0.1, 0.15) is 5.75 Å². The summed E-state index contributed by atoms with van der Waals surface area (Å²) < 4.78 is 5.06. The minimum Gasteiger partial charge on any atom is -0.497 e. The third kappa shape index (κ3) is 1.97. The van der Waals surface area contributed by atoms with Crippen molar-refractivity contribution in [3.05, 3.63) is 23.8 Å². The van der Waals surface area contributed by atoms with Crippen molar-refractivity contribution in [3.8, 4) is 5.75 Å². The second-order valence-electron chi connectivity index (χ2n) is 4.47. The van der Waals surface area contributed by atoms with Crippen LogP contribution >= 0.6 is 0 Å². The number of nitrogens with zero attached hydrogens (tertiary/aromatic N) is 1. The molecule has 96 valence electrons. The molecule has 1 aliphatic rings. The van der Waals surface area contributed by atoms with Crippen molar-refractivity contribution in [1.29, 1.82) is 0 Å². The van der Waals surface area contributed by atoms with Crippen LogP contribution in [0, 0.1) is 5.92 Å². The highest BCUT2D eigenvalue weighted by Gasteiger charge is 2.36. The number of carbonyl (C=O) groups excluding carboxylic acids is 2. The summed E-state index contributed by atoms with van der Waals surface area (Å²) in [5.41, 5.74) is 6.60. The van der Waals surface area contributed by atoms with Gasteiger partial charge in [-0.3, -0.25) is 9.59 Å². The molecule has 0 radical (unpaired) electrons. The lowest BCUT2D eigenvalue weighted by Gasteiger charge is -2.20. The minimum absolute atomic E-state index is 0.148. The lowest BCUT2D eigenvalue weighted by Crippen LogP contribution is -2.35. The minimum atomic E-state index is -0.487. The van der Waals surface area contributed by atoms with Crippen LogP contribution in [0.4, 0.5) is 5.69 Å². The van der Waals surface area contributed by atoms with E-state index in [1.165, 1.54) is 12.0 Å². The van der Waals surface area contributed by atoms with Gasteiger partial charge >= 0.3 is 0 Å². The summed E-state index contributed by atoms with van der Waals surface area (Å²) in [5, 5.41) is 0. The van der Waals surface area contributed by atoms with Crippen LogP contribution < -0.4 is 15.4 Å². The molecule has 0 bridgehead atoms. The van der Waals surface area contributed by atoms with Gasteiger partial charge in [-0.2, -0.15) is 0 Å². The first-order valence-electron chi connectivity index (χ1n) is 5.82. The molecule has 5 nitrogen and oxygen atoms in total. The van der Waals surface area contributed by atoms with Gasteiger partial charge in [-0.05, 0) is 30.7 Å². The summed E-state index contributed by atoms with van der Waals surface area (Å²) in [6.07, 6.45) is 0. The summed E-state index contributed by atoms with van der Waals surface area (Å²) >= 11 is 0. The molecule has 1 atom stereocenters. The summed E-state index contributed by atoms with van der Waals surface area (Å²) in [6.45, 7) is 2.88. The summed E-state index contributed by atoms with van der Waals surface area (Å²) in [4.78, 5) is 25.3. The Morgan fingerprint density at radius 2 is 2.11 bits per heavy atom. The van der Waals surface area contributed by atoms with Crippen molar-refractivity contribution < 1.29 is 14.3 Å². The van der Waals surface area contributed by atoms with E-state index in [-0.39, 0.29) is 5.92 Å². The van der Waals surface area contributed by atoms with Crippen molar-refractivity contribution in [2.45, 2.75) is 6.92 Å². The van der Waals surface area contributed by atoms with Crippen LogP contribution in [0.3, 0.4) is 0 Å². The Bertz CT molecular complexity index is 499. The van der Waals surface area contributed by atoms with Crippen LogP contribution in [-0.4, -0.2) is 31.9 Å². The maximum atomic E-state index is 11.9. The Kier molecular flexibility index (Phi) is 3.34. The summed E-state index contributed by atoms with van der Waals surface area (Å²) in [6, 6.07) is 5.08. The highest BCUT2D eigenvalue weighted by Crippen LogP contribution is 2.32. The Labute approximate surface area is 106 Å². The van der Waals surface area contributed by atoms with E-state index in [4.69, 9.17) is 10.5 Å². The third-order valence-electron chi connectivity index (χ3n) is 3.08. The largest absolute Gasteiger partial charge is 0.497 e. The molecule has 5 heteroatoms. The number of hydrogen-bond donors (Lipinski definition) is 1. The Morgan fingerprint density at radius 1 is 1.39 bits per heavy atom. The number of ketones is 1. The topological polar surface area (TPSA) is 72.6 Å². The second kappa shape index (κ2) is 4.78. The molecular formula is C13H16N2O3. The smallest absolute Gasteiger partial charge is 0.299 e. The van der Waals surface area contributed by atoms with Crippen molar-refractivity contribution in [1.82, 2.24) is 0 Å². The number of rotatable bonds is 4. The first kappa shape index (κ1) is 12.6. The zero-order valence-corrected chi connectivity index (χ0v) is 10.5.